The van der Waals surface area contributed by atoms with Crippen LogP contribution in [0.5, 0.6) is 0 Å². The molecule has 0 saturated heterocycles. The lowest BCUT2D eigenvalue weighted by molar-refractivity contribution is 0.311. The first-order valence-electron chi connectivity index (χ1n) is 5.59. The number of nitrogens with two attached hydrogens (primary N) is 1. The number of rotatable bonds is 2. The Morgan fingerprint density at radius 2 is 1.93 bits per heavy atom. The van der Waals surface area contributed by atoms with Crippen LogP contribution in [0.2, 0.25) is 0 Å². The number of hydrogen-bond donors (Lipinski definition) is 1. The summed E-state index contributed by atoms with van der Waals surface area (Å²) in [6.07, 6.45) is 6.83. The summed E-state index contributed by atoms with van der Waals surface area (Å²) < 4.78 is 0. The van der Waals surface area contributed by atoms with Crippen molar-refractivity contribution >= 4 is 23.7 Å². The monoisotopic (exact) mass is 245 g/mol. The van der Waals surface area contributed by atoms with Crippen molar-refractivity contribution in [2.45, 2.75) is 45.1 Å². The molecule has 1 atom stereocenters. The molecular weight excluding hydrogens is 226 g/mol. The van der Waals surface area contributed by atoms with Crippen molar-refractivity contribution in [1.29, 1.82) is 0 Å². The van der Waals surface area contributed by atoms with Crippen LogP contribution in [0.15, 0.2) is 12.1 Å². The van der Waals surface area contributed by atoms with E-state index in [-0.39, 0.29) is 12.4 Å². The zero-order valence-corrected chi connectivity index (χ0v) is 10.9. The molecule has 2 N–H and O–H groups in total. The fourth-order valence-corrected chi connectivity index (χ4v) is 3.33. The lowest BCUT2D eigenvalue weighted by atomic mass is 9.84. The van der Waals surface area contributed by atoms with Crippen LogP contribution >= 0.6 is 23.7 Å². The normalized spacial score (nSPS) is 19.6. The Labute approximate surface area is 102 Å². The van der Waals surface area contributed by atoms with Gasteiger partial charge in [0.25, 0.3) is 0 Å². The number of aryl methyl sites for hydroxylation is 1. The first kappa shape index (κ1) is 13.0. The van der Waals surface area contributed by atoms with Gasteiger partial charge in [0, 0.05) is 15.8 Å². The van der Waals surface area contributed by atoms with E-state index in [9.17, 15) is 0 Å². The summed E-state index contributed by atoms with van der Waals surface area (Å²) in [5.41, 5.74) is 6.29. The summed E-state index contributed by atoms with van der Waals surface area (Å²) in [4.78, 5) is 2.76. The minimum absolute atomic E-state index is 0. The Bertz CT molecular complexity index is 292. The van der Waals surface area contributed by atoms with Gasteiger partial charge in [-0.05, 0) is 37.8 Å². The van der Waals surface area contributed by atoms with E-state index in [4.69, 9.17) is 5.73 Å². The number of halogens is 1. The third kappa shape index (κ3) is 3.20. The van der Waals surface area contributed by atoms with E-state index >= 15 is 0 Å². The molecule has 0 radical (unpaired) electrons. The van der Waals surface area contributed by atoms with Crippen LogP contribution in [0.3, 0.4) is 0 Å². The fourth-order valence-electron chi connectivity index (χ4n) is 2.36. The maximum Gasteiger partial charge on any atom is 0.0418 e. The zero-order chi connectivity index (χ0) is 9.97. The lowest BCUT2D eigenvalue weighted by Crippen LogP contribution is -2.22. The summed E-state index contributed by atoms with van der Waals surface area (Å²) in [5.74, 6) is 0.738. The van der Waals surface area contributed by atoms with Crippen molar-refractivity contribution in [2.24, 2.45) is 11.7 Å². The molecule has 86 valence electrons. The van der Waals surface area contributed by atoms with Crippen LogP contribution in [-0.2, 0) is 0 Å². The van der Waals surface area contributed by atoms with Crippen molar-refractivity contribution in [1.82, 2.24) is 0 Å². The van der Waals surface area contributed by atoms with Crippen LogP contribution in [0.4, 0.5) is 0 Å². The quantitative estimate of drug-likeness (QED) is 0.836. The minimum Gasteiger partial charge on any atom is -0.323 e. The first-order valence-corrected chi connectivity index (χ1v) is 6.41. The SMILES string of the molecule is Cc1ccc(C(N)C2CCCCC2)s1.Cl. The van der Waals surface area contributed by atoms with Gasteiger partial charge in [0.1, 0.15) is 0 Å². The Morgan fingerprint density at radius 1 is 1.27 bits per heavy atom. The zero-order valence-electron chi connectivity index (χ0n) is 9.24. The summed E-state index contributed by atoms with van der Waals surface area (Å²) in [7, 11) is 0. The molecule has 1 aliphatic carbocycles. The van der Waals surface area contributed by atoms with Gasteiger partial charge < -0.3 is 5.73 Å². The van der Waals surface area contributed by atoms with Crippen molar-refractivity contribution < 1.29 is 0 Å². The summed E-state index contributed by atoms with van der Waals surface area (Å²) in [6.45, 7) is 2.15. The summed E-state index contributed by atoms with van der Waals surface area (Å²) in [5, 5.41) is 0. The molecular formula is C12H20ClNS. The maximum atomic E-state index is 6.29. The van der Waals surface area contributed by atoms with Crippen LogP contribution < -0.4 is 5.73 Å². The fraction of sp³-hybridized carbons (Fsp3) is 0.667. The predicted octanol–water partition coefficient (Wildman–Crippen LogP) is 4.06. The molecule has 1 fully saturated rings. The summed E-state index contributed by atoms with van der Waals surface area (Å²) >= 11 is 1.86. The molecule has 1 aromatic rings. The van der Waals surface area contributed by atoms with Crippen LogP contribution in [0.1, 0.15) is 47.9 Å². The highest BCUT2D eigenvalue weighted by Gasteiger charge is 2.22. The molecule has 0 spiro atoms. The van der Waals surface area contributed by atoms with Crippen LogP contribution in [0.25, 0.3) is 0 Å². The first-order chi connectivity index (χ1) is 6.77. The molecule has 1 unspecified atom stereocenters. The second-order valence-corrected chi connectivity index (χ2v) is 5.69. The van der Waals surface area contributed by atoms with E-state index in [1.54, 1.807) is 0 Å². The third-order valence-corrected chi connectivity index (χ3v) is 4.35. The standard InChI is InChI=1S/C12H19NS.ClH/c1-9-7-8-11(14-9)12(13)10-5-3-2-4-6-10;/h7-8,10,12H,2-6,13H2,1H3;1H. The van der Waals surface area contributed by atoms with Gasteiger partial charge in [0.2, 0.25) is 0 Å². The van der Waals surface area contributed by atoms with Gasteiger partial charge in [-0.3, -0.25) is 0 Å². The van der Waals surface area contributed by atoms with Gasteiger partial charge in [-0.25, -0.2) is 0 Å². The van der Waals surface area contributed by atoms with Crippen LogP contribution in [0, 0.1) is 12.8 Å². The number of hydrogen-bond acceptors (Lipinski definition) is 2. The van der Waals surface area contributed by atoms with Gasteiger partial charge in [0.15, 0.2) is 0 Å². The minimum atomic E-state index is 0. The topological polar surface area (TPSA) is 26.0 Å². The van der Waals surface area contributed by atoms with E-state index in [1.807, 2.05) is 11.3 Å². The third-order valence-electron chi connectivity index (χ3n) is 3.25. The molecule has 15 heavy (non-hydrogen) atoms. The Morgan fingerprint density at radius 3 is 2.47 bits per heavy atom. The molecule has 1 aliphatic rings. The maximum absolute atomic E-state index is 6.29. The highest BCUT2D eigenvalue weighted by atomic mass is 35.5. The van der Waals surface area contributed by atoms with E-state index in [2.05, 4.69) is 19.1 Å². The van der Waals surface area contributed by atoms with Crippen molar-refractivity contribution in [3.8, 4) is 0 Å². The molecule has 0 aromatic carbocycles. The average molecular weight is 246 g/mol. The van der Waals surface area contributed by atoms with Crippen molar-refractivity contribution in [2.75, 3.05) is 0 Å². The molecule has 3 heteroatoms. The molecule has 1 aromatic heterocycles. The van der Waals surface area contributed by atoms with Crippen LogP contribution in [-0.4, -0.2) is 0 Å². The lowest BCUT2D eigenvalue weighted by Gasteiger charge is -2.26. The van der Waals surface area contributed by atoms with E-state index in [0.717, 1.165) is 5.92 Å². The molecule has 1 heterocycles. The highest BCUT2D eigenvalue weighted by molar-refractivity contribution is 7.12. The molecule has 1 nitrogen and oxygen atoms in total. The second kappa shape index (κ2) is 5.88. The predicted molar refractivity (Wildman–Crippen MR) is 69.8 cm³/mol. The Kier molecular flexibility index (Phi) is 5.10. The van der Waals surface area contributed by atoms with Gasteiger partial charge in [-0.1, -0.05) is 19.3 Å². The van der Waals surface area contributed by atoms with Crippen molar-refractivity contribution in [3.05, 3.63) is 21.9 Å². The number of thiophene rings is 1. The van der Waals surface area contributed by atoms with Gasteiger partial charge >= 0.3 is 0 Å². The smallest absolute Gasteiger partial charge is 0.0418 e. The largest absolute Gasteiger partial charge is 0.323 e. The van der Waals surface area contributed by atoms with Crippen molar-refractivity contribution in [3.63, 3.8) is 0 Å². The average Bonchev–Trinajstić information content (AvgIpc) is 2.65. The molecule has 0 amide bonds. The second-order valence-electron chi connectivity index (χ2n) is 4.37. The summed E-state index contributed by atoms with van der Waals surface area (Å²) in [6, 6.07) is 4.69. The molecule has 0 bridgehead atoms. The van der Waals surface area contributed by atoms with E-state index in [0.29, 0.717) is 6.04 Å². The Balaban J connectivity index is 0.00000112. The molecule has 2 rings (SSSR count). The Hall–Kier alpha value is -0.0500. The van der Waals surface area contributed by atoms with Gasteiger partial charge in [-0.2, -0.15) is 0 Å². The molecule has 1 saturated carbocycles. The van der Waals surface area contributed by atoms with E-state index < -0.39 is 0 Å². The van der Waals surface area contributed by atoms with Gasteiger partial charge in [0.05, 0.1) is 0 Å². The van der Waals surface area contributed by atoms with Gasteiger partial charge in [-0.15, -0.1) is 23.7 Å². The molecule has 0 aliphatic heterocycles. The van der Waals surface area contributed by atoms with E-state index in [1.165, 1.54) is 41.9 Å². The highest BCUT2D eigenvalue weighted by Crippen LogP contribution is 2.35.